The highest BCUT2D eigenvalue weighted by molar-refractivity contribution is 7.89. The Balaban J connectivity index is 1.27. The van der Waals surface area contributed by atoms with Crippen LogP contribution < -0.4 is 4.90 Å². The Morgan fingerprint density at radius 1 is 0.933 bits per heavy atom. The molecule has 6 nitrogen and oxygen atoms in total. The van der Waals surface area contributed by atoms with Crippen molar-refractivity contribution in [1.82, 2.24) is 9.29 Å². The molecule has 1 saturated heterocycles. The van der Waals surface area contributed by atoms with Crippen LogP contribution >= 0.6 is 0 Å². The topological polar surface area (TPSA) is 66.7 Å². The van der Waals surface area contributed by atoms with E-state index in [4.69, 9.17) is 4.42 Å². The Morgan fingerprint density at radius 3 is 2.23 bits per heavy atom. The third-order valence-electron chi connectivity index (χ3n) is 5.66. The lowest BCUT2D eigenvalue weighted by atomic mass is 10.2. The van der Waals surface area contributed by atoms with E-state index < -0.39 is 10.0 Å². The Kier molecular flexibility index (Phi) is 4.83. The van der Waals surface area contributed by atoms with Crippen molar-refractivity contribution in [2.45, 2.75) is 23.7 Å². The SMILES string of the molecule is O=S(=O)(c1ccc(-c2cnc(C3CC3)o2)cc1)N1CCN(c2ccc(F)cc2)CC1. The van der Waals surface area contributed by atoms with Crippen LogP contribution in [0.15, 0.2) is 64.0 Å². The van der Waals surface area contributed by atoms with Gasteiger partial charge in [-0.2, -0.15) is 4.31 Å². The molecule has 156 valence electrons. The normalized spacial score (nSPS) is 18.0. The van der Waals surface area contributed by atoms with Gasteiger partial charge in [0.2, 0.25) is 10.0 Å². The average Bonchev–Trinajstić information content (AvgIpc) is 3.51. The maximum atomic E-state index is 13.1. The minimum atomic E-state index is -3.57. The van der Waals surface area contributed by atoms with E-state index in [0.29, 0.717) is 37.9 Å². The van der Waals surface area contributed by atoms with Gasteiger partial charge < -0.3 is 9.32 Å². The quantitative estimate of drug-likeness (QED) is 0.618. The number of nitrogens with zero attached hydrogens (tertiary/aromatic N) is 3. The molecule has 2 heterocycles. The fourth-order valence-corrected chi connectivity index (χ4v) is 5.14. The number of sulfonamides is 1. The second-order valence-corrected chi connectivity index (χ2v) is 9.67. The molecule has 0 spiro atoms. The first kappa shape index (κ1) is 19.3. The van der Waals surface area contributed by atoms with Gasteiger partial charge in [0.05, 0.1) is 11.1 Å². The number of oxazole rings is 1. The molecule has 1 aliphatic heterocycles. The van der Waals surface area contributed by atoms with E-state index in [2.05, 4.69) is 9.88 Å². The van der Waals surface area contributed by atoms with E-state index in [-0.39, 0.29) is 10.7 Å². The highest BCUT2D eigenvalue weighted by Crippen LogP contribution is 2.40. The summed E-state index contributed by atoms with van der Waals surface area (Å²) < 4.78 is 46.5. The van der Waals surface area contributed by atoms with Gasteiger partial charge in [0.25, 0.3) is 0 Å². The number of piperazine rings is 1. The van der Waals surface area contributed by atoms with Gasteiger partial charge in [0.15, 0.2) is 11.7 Å². The van der Waals surface area contributed by atoms with Crippen molar-refractivity contribution in [3.8, 4) is 11.3 Å². The molecule has 0 amide bonds. The lowest BCUT2D eigenvalue weighted by Gasteiger charge is -2.35. The standard InChI is InChI=1S/C22H22FN3O3S/c23-18-5-7-19(8-6-18)25-11-13-26(14-12-25)30(27,28)20-9-3-16(4-10-20)21-15-24-22(29-21)17-1-2-17/h3-10,15,17H,1-2,11-14H2. The van der Waals surface area contributed by atoms with Crippen LogP contribution in [0.3, 0.4) is 0 Å². The maximum absolute atomic E-state index is 13.1. The first-order valence-corrected chi connectivity index (χ1v) is 11.5. The fourth-order valence-electron chi connectivity index (χ4n) is 3.72. The van der Waals surface area contributed by atoms with Gasteiger partial charge in [-0.15, -0.1) is 0 Å². The van der Waals surface area contributed by atoms with Crippen LogP contribution in [0.5, 0.6) is 0 Å². The summed E-state index contributed by atoms with van der Waals surface area (Å²) >= 11 is 0. The smallest absolute Gasteiger partial charge is 0.243 e. The van der Waals surface area contributed by atoms with Crippen LogP contribution in [0, 0.1) is 5.82 Å². The van der Waals surface area contributed by atoms with Gasteiger partial charge in [-0.1, -0.05) is 0 Å². The molecule has 1 aliphatic carbocycles. The summed E-state index contributed by atoms with van der Waals surface area (Å²) in [5.74, 6) is 1.58. The number of aromatic nitrogens is 1. The minimum absolute atomic E-state index is 0.267. The van der Waals surface area contributed by atoms with Crippen molar-refractivity contribution in [2.75, 3.05) is 31.1 Å². The van der Waals surface area contributed by atoms with Crippen LogP contribution in [0.25, 0.3) is 11.3 Å². The molecule has 8 heteroatoms. The van der Waals surface area contributed by atoms with Gasteiger partial charge in [-0.3, -0.25) is 0 Å². The van der Waals surface area contributed by atoms with E-state index in [9.17, 15) is 12.8 Å². The molecule has 0 atom stereocenters. The zero-order chi connectivity index (χ0) is 20.7. The molecule has 2 aromatic carbocycles. The van der Waals surface area contributed by atoms with Crippen LogP contribution in [-0.4, -0.2) is 43.9 Å². The molecule has 5 rings (SSSR count). The Hall–Kier alpha value is -2.71. The third kappa shape index (κ3) is 3.73. The molecular formula is C22H22FN3O3S. The molecule has 2 aliphatic rings. The lowest BCUT2D eigenvalue weighted by Crippen LogP contribution is -2.48. The molecule has 2 fully saturated rings. The predicted octanol–water partition coefficient (Wildman–Crippen LogP) is 3.87. The van der Waals surface area contributed by atoms with Crippen molar-refractivity contribution < 1.29 is 17.2 Å². The van der Waals surface area contributed by atoms with E-state index in [1.54, 1.807) is 42.6 Å². The Labute approximate surface area is 175 Å². The molecule has 3 aromatic rings. The second-order valence-electron chi connectivity index (χ2n) is 7.73. The van der Waals surface area contributed by atoms with E-state index in [0.717, 1.165) is 30.0 Å². The number of anilines is 1. The molecular weight excluding hydrogens is 405 g/mol. The summed E-state index contributed by atoms with van der Waals surface area (Å²) in [6.45, 7) is 1.89. The monoisotopic (exact) mass is 427 g/mol. The first-order valence-electron chi connectivity index (χ1n) is 10.1. The molecule has 0 unspecified atom stereocenters. The molecule has 0 bridgehead atoms. The zero-order valence-electron chi connectivity index (χ0n) is 16.4. The van der Waals surface area contributed by atoms with E-state index >= 15 is 0 Å². The predicted molar refractivity (Wildman–Crippen MR) is 111 cm³/mol. The van der Waals surface area contributed by atoms with Gasteiger partial charge in [-0.05, 0) is 61.4 Å². The van der Waals surface area contributed by atoms with Crippen molar-refractivity contribution in [2.24, 2.45) is 0 Å². The molecule has 0 N–H and O–H groups in total. The largest absolute Gasteiger partial charge is 0.440 e. The number of hydrogen-bond acceptors (Lipinski definition) is 5. The number of hydrogen-bond donors (Lipinski definition) is 0. The summed E-state index contributed by atoms with van der Waals surface area (Å²) in [5, 5.41) is 0. The fraction of sp³-hybridized carbons (Fsp3) is 0.318. The number of benzene rings is 2. The summed E-state index contributed by atoms with van der Waals surface area (Å²) in [6, 6.07) is 13.0. The Morgan fingerprint density at radius 2 is 1.60 bits per heavy atom. The van der Waals surface area contributed by atoms with Gasteiger partial charge in [0, 0.05) is 43.3 Å². The van der Waals surface area contributed by atoms with Crippen molar-refractivity contribution in [1.29, 1.82) is 0 Å². The lowest BCUT2D eigenvalue weighted by molar-refractivity contribution is 0.385. The zero-order valence-corrected chi connectivity index (χ0v) is 17.2. The van der Waals surface area contributed by atoms with Crippen molar-refractivity contribution in [3.05, 3.63) is 66.4 Å². The summed E-state index contributed by atoms with van der Waals surface area (Å²) in [6.07, 6.45) is 3.93. The van der Waals surface area contributed by atoms with Crippen LogP contribution in [0.1, 0.15) is 24.7 Å². The van der Waals surface area contributed by atoms with Gasteiger partial charge >= 0.3 is 0 Å². The van der Waals surface area contributed by atoms with Crippen LogP contribution in [-0.2, 0) is 10.0 Å². The highest BCUT2D eigenvalue weighted by Gasteiger charge is 2.30. The molecule has 30 heavy (non-hydrogen) atoms. The summed E-state index contributed by atoms with van der Waals surface area (Å²) in [4.78, 5) is 6.65. The third-order valence-corrected chi connectivity index (χ3v) is 7.57. The van der Waals surface area contributed by atoms with Gasteiger partial charge in [0.1, 0.15) is 5.82 Å². The average molecular weight is 428 g/mol. The number of halogens is 1. The minimum Gasteiger partial charge on any atom is -0.440 e. The maximum Gasteiger partial charge on any atom is 0.243 e. The molecule has 1 saturated carbocycles. The summed E-state index contributed by atoms with van der Waals surface area (Å²) in [5.41, 5.74) is 1.71. The second kappa shape index (κ2) is 7.52. The number of rotatable bonds is 5. The summed E-state index contributed by atoms with van der Waals surface area (Å²) in [7, 11) is -3.57. The highest BCUT2D eigenvalue weighted by atomic mass is 32.2. The molecule has 0 radical (unpaired) electrons. The van der Waals surface area contributed by atoms with E-state index in [1.807, 2.05) is 0 Å². The van der Waals surface area contributed by atoms with Crippen molar-refractivity contribution >= 4 is 15.7 Å². The van der Waals surface area contributed by atoms with Crippen LogP contribution in [0.2, 0.25) is 0 Å². The Bertz CT molecular complexity index is 1130. The van der Waals surface area contributed by atoms with E-state index in [1.165, 1.54) is 16.4 Å². The van der Waals surface area contributed by atoms with Crippen LogP contribution in [0.4, 0.5) is 10.1 Å². The molecule has 1 aromatic heterocycles. The van der Waals surface area contributed by atoms with Gasteiger partial charge in [-0.25, -0.2) is 17.8 Å². The first-order chi connectivity index (χ1) is 14.5. The van der Waals surface area contributed by atoms with Crippen molar-refractivity contribution in [3.63, 3.8) is 0 Å².